The van der Waals surface area contributed by atoms with E-state index in [-0.39, 0.29) is 0 Å². The zero-order valence-corrected chi connectivity index (χ0v) is 21.9. The van der Waals surface area contributed by atoms with Gasteiger partial charge in [0.25, 0.3) is 0 Å². The van der Waals surface area contributed by atoms with E-state index in [1.807, 2.05) is 0 Å². The van der Waals surface area contributed by atoms with Gasteiger partial charge in [0.05, 0.1) is 10.1 Å². The van der Waals surface area contributed by atoms with E-state index in [9.17, 15) is 0 Å². The fourth-order valence-corrected chi connectivity index (χ4v) is 22.3. The molecule has 1 heterocycles. The van der Waals surface area contributed by atoms with Crippen molar-refractivity contribution in [3.8, 4) is 0 Å². The zero-order valence-electron chi connectivity index (χ0n) is 16.0. The van der Waals surface area contributed by atoms with Crippen molar-refractivity contribution in [1.82, 2.24) is 0 Å². The summed E-state index contributed by atoms with van der Waals surface area (Å²) in [5.74, 6) is 0. The molecule has 3 aromatic carbocycles. The Bertz CT molecular complexity index is 1120. The second-order valence-corrected chi connectivity index (χ2v) is 18.8. The molecular formula is C21H22Br2N3P3. The standard InChI is InChI=1S/C21H22Br2N3P3/c1-27(19-11-5-2-6-12-19)24-28(17-22,20-13-7-3-8-14-20)26-29(18-23,25-27)21-15-9-4-10-16-21/h2-16H,17-18H2,1H3. The molecule has 0 aromatic heterocycles. The van der Waals surface area contributed by atoms with E-state index in [1.54, 1.807) is 0 Å². The predicted octanol–water partition coefficient (Wildman–Crippen LogP) is 7.66. The van der Waals surface area contributed by atoms with Crippen LogP contribution in [0.25, 0.3) is 0 Å². The lowest BCUT2D eigenvalue weighted by Gasteiger charge is -2.35. The van der Waals surface area contributed by atoms with Gasteiger partial charge in [0, 0.05) is 15.9 Å². The SMILES string of the molecule is CP1(c2ccccc2)=NP(CBr)(c2ccccc2)=NP(CBr)(c2ccccc2)=N1. The Kier molecular flexibility index (Phi) is 6.55. The van der Waals surface area contributed by atoms with Crippen molar-refractivity contribution in [2.45, 2.75) is 0 Å². The van der Waals surface area contributed by atoms with E-state index >= 15 is 0 Å². The minimum absolute atomic E-state index is 0.740. The highest BCUT2D eigenvalue weighted by atomic mass is 79.9. The molecule has 0 N–H and O–H groups in total. The number of alkyl halides is 2. The van der Waals surface area contributed by atoms with E-state index in [1.165, 1.54) is 15.9 Å². The van der Waals surface area contributed by atoms with Crippen molar-refractivity contribution in [2.75, 3.05) is 16.8 Å². The smallest absolute Gasteiger partial charge is 0.119 e. The van der Waals surface area contributed by atoms with Crippen LogP contribution in [0.5, 0.6) is 0 Å². The first-order valence-corrected chi connectivity index (χ1v) is 17.4. The van der Waals surface area contributed by atoms with Gasteiger partial charge in [-0.2, -0.15) is 0 Å². The Labute approximate surface area is 190 Å². The second-order valence-electron chi connectivity index (χ2n) is 6.89. The summed E-state index contributed by atoms with van der Waals surface area (Å²) in [6, 6.07) is 31.8. The van der Waals surface area contributed by atoms with Gasteiger partial charge in [-0.1, -0.05) is 123 Å². The first kappa shape index (κ1) is 21.5. The highest BCUT2D eigenvalue weighted by Crippen LogP contribution is 2.76. The molecule has 0 saturated carbocycles. The molecular weight excluding hydrogens is 547 g/mol. The van der Waals surface area contributed by atoms with Gasteiger partial charge in [-0.3, -0.25) is 0 Å². The molecule has 3 unspecified atom stereocenters. The highest BCUT2D eigenvalue weighted by Gasteiger charge is 2.36. The molecule has 0 saturated heterocycles. The van der Waals surface area contributed by atoms with Gasteiger partial charge in [0.2, 0.25) is 0 Å². The minimum atomic E-state index is -2.17. The molecule has 0 bridgehead atoms. The number of hydrogen-bond acceptors (Lipinski definition) is 3. The third-order valence-corrected chi connectivity index (χ3v) is 20.8. The monoisotopic (exact) mass is 567 g/mol. The first-order valence-electron chi connectivity index (χ1n) is 9.22. The number of nitrogens with zero attached hydrogens (tertiary/aromatic N) is 3. The first-order chi connectivity index (χ1) is 14.1. The molecule has 3 atom stereocenters. The Balaban J connectivity index is 2.14. The molecule has 0 amide bonds. The van der Waals surface area contributed by atoms with E-state index in [0.717, 1.165) is 10.1 Å². The number of hydrogen-bond donors (Lipinski definition) is 0. The average Bonchev–Trinajstić information content (AvgIpc) is 2.80. The molecule has 3 aromatic rings. The van der Waals surface area contributed by atoms with Crippen LogP contribution in [0.3, 0.4) is 0 Å². The number of rotatable bonds is 5. The zero-order chi connectivity index (χ0) is 20.4. The van der Waals surface area contributed by atoms with Crippen LogP contribution < -0.4 is 15.9 Å². The molecule has 0 radical (unpaired) electrons. The van der Waals surface area contributed by atoms with Gasteiger partial charge in [-0.05, 0) is 6.66 Å². The topological polar surface area (TPSA) is 37.1 Å². The average molecular weight is 569 g/mol. The van der Waals surface area contributed by atoms with Crippen molar-refractivity contribution in [3.63, 3.8) is 0 Å². The fraction of sp³-hybridized carbons (Fsp3) is 0.143. The fourth-order valence-electron chi connectivity index (χ4n) is 3.46. The largest absolute Gasteiger partial charge is 0.231 e. The van der Waals surface area contributed by atoms with Crippen molar-refractivity contribution < 1.29 is 0 Å². The molecule has 0 aliphatic carbocycles. The molecule has 1 aliphatic rings. The highest BCUT2D eigenvalue weighted by molar-refractivity contribution is 9.10. The van der Waals surface area contributed by atoms with E-state index in [2.05, 4.69) is 130 Å². The van der Waals surface area contributed by atoms with Crippen LogP contribution in [0.2, 0.25) is 0 Å². The van der Waals surface area contributed by atoms with Crippen molar-refractivity contribution in [2.24, 2.45) is 13.5 Å². The summed E-state index contributed by atoms with van der Waals surface area (Å²) in [5.41, 5.74) is 0. The molecule has 3 nitrogen and oxygen atoms in total. The summed E-state index contributed by atoms with van der Waals surface area (Å²) >= 11 is 7.65. The normalized spacial score (nSPS) is 28.7. The van der Waals surface area contributed by atoms with Crippen molar-refractivity contribution in [3.05, 3.63) is 91.0 Å². The number of halogens is 2. The van der Waals surface area contributed by atoms with Gasteiger partial charge in [0.15, 0.2) is 0 Å². The van der Waals surface area contributed by atoms with Gasteiger partial charge >= 0.3 is 0 Å². The van der Waals surface area contributed by atoms with Crippen LogP contribution in [0.1, 0.15) is 0 Å². The summed E-state index contributed by atoms with van der Waals surface area (Å²) in [6.07, 6.45) is 0. The summed E-state index contributed by atoms with van der Waals surface area (Å²) in [7, 11) is -6.47. The van der Waals surface area contributed by atoms with Gasteiger partial charge in [-0.25, -0.2) is 13.5 Å². The van der Waals surface area contributed by atoms with Crippen LogP contribution in [-0.2, 0) is 0 Å². The third-order valence-electron chi connectivity index (χ3n) is 4.86. The van der Waals surface area contributed by atoms with Crippen LogP contribution in [0.15, 0.2) is 105 Å². The molecule has 4 rings (SSSR count). The maximum Gasteiger partial charge on any atom is 0.119 e. The molecule has 29 heavy (non-hydrogen) atoms. The summed E-state index contributed by atoms with van der Waals surface area (Å²) in [5, 5.41) is 5.13. The molecule has 8 heteroatoms. The lowest BCUT2D eigenvalue weighted by molar-refractivity contribution is 1.60. The Hall–Kier alpha value is -0.690. The van der Waals surface area contributed by atoms with Crippen LogP contribution in [0, 0.1) is 0 Å². The predicted molar refractivity (Wildman–Crippen MR) is 140 cm³/mol. The summed E-state index contributed by atoms with van der Waals surface area (Å²) < 4.78 is 16.6. The summed E-state index contributed by atoms with van der Waals surface area (Å²) in [6.45, 7) is 2.25. The van der Waals surface area contributed by atoms with Crippen LogP contribution in [0.4, 0.5) is 0 Å². The van der Waals surface area contributed by atoms with E-state index < -0.39 is 21.6 Å². The maximum atomic E-state index is 5.57. The van der Waals surface area contributed by atoms with Gasteiger partial charge < -0.3 is 0 Å². The third kappa shape index (κ3) is 4.10. The Morgan fingerprint density at radius 2 is 0.931 bits per heavy atom. The van der Waals surface area contributed by atoms with Gasteiger partial charge in [0.1, 0.15) is 21.6 Å². The quantitative estimate of drug-likeness (QED) is 0.224. The molecule has 1 aliphatic heterocycles. The minimum Gasteiger partial charge on any atom is -0.231 e. The second kappa shape index (κ2) is 8.81. The lowest BCUT2D eigenvalue weighted by atomic mass is 10.4. The van der Waals surface area contributed by atoms with E-state index in [0.29, 0.717) is 0 Å². The molecule has 150 valence electrons. The summed E-state index contributed by atoms with van der Waals surface area (Å²) in [4.78, 5) is 0. The van der Waals surface area contributed by atoms with Crippen molar-refractivity contribution >= 4 is 69.4 Å². The van der Waals surface area contributed by atoms with Crippen molar-refractivity contribution in [1.29, 1.82) is 0 Å². The Morgan fingerprint density at radius 3 is 1.34 bits per heavy atom. The Morgan fingerprint density at radius 1 is 0.552 bits per heavy atom. The maximum absolute atomic E-state index is 5.57. The molecule has 0 fully saturated rings. The molecule has 0 spiro atoms. The van der Waals surface area contributed by atoms with Gasteiger partial charge in [-0.15, -0.1) is 0 Å². The number of benzene rings is 3. The van der Waals surface area contributed by atoms with Crippen LogP contribution >= 0.6 is 53.5 Å². The van der Waals surface area contributed by atoms with Crippen LogP contribution in [-0.4, -0.2) is 16.8 Å². The lowest BCUT2D eigenvalue weighted by Crippen LogP contribution is -2.13. The van der Waals surface area contributed by atoms with E-state index in [4.69, 9.17) is 13.5 Å².